The molecule has 0 aliphatic carbocycles. The summed E-state index contributed by atoms with van der Waals surface area (Å²) in [5.41, 5.74) is 9.03. The van der Waals surface area contributed by atoms with E-state index in [1.54, 1.807) is 0 Å². The van der Waals surface area contributed by atoms with Crippen LogP contribution in [-0.2, 0) is 12.8 Å². The second-order valence-electron chi connectivity index (χ2n) is 3.84. The first-order valence-electron chi connectivity index (χ1n) is 5.31. The zero-order valence-electron chi connectivity index (χ0n) is 8.81. The van der Waals surface area contributed by atoms with Crippen LogP contribution in [0.3, 0.4) is 0 Å². The van der Waals surface area contributed by atoms with Crippen molar-refractivity contribution < 1.29 is 0 Å². The predicted molar refractivity (Wildman–Crippen MR) is 66.5 cm³/mol. The molecule has 0 fully saturated rings. The molecule has 0 atom stereocenters. The Balaban J connectivity index is 2.24. The van der Waals surface area contributed by atoms with Crippen molar-refractivity contribution in [3.8, 4) is 0 Å². The molecular formula is C11H12N4S. The Hall–Kier alpha value is -1.36. The lowest BCUT2D eigenvalue weighted by atomic mass is 10.1. The second-order valence-corrected chi connectivity index (χ2v) is 5.06. The highest BCUT2D eigenvalue weighted by molar-refractivity contribution is 7.99. The fourth-order valence-electron chi connectivity index (χ4n) is 1.97. The van der Waals surface area contributed by atoms with Gasteiger partial charge < -0.3 is 5.73 Å². The van der Waals surface area contributed by atoms with Crippen molar-refractivity contribution in [2.24, 2.45) is 0 Å². The fraction of sp³-hybridized carbons (Fsp3) is 0.364. The third-order valence-electron chi connectivity index (χ3n) is 2.82. The molecule has 0 radical (unpaired) electrons. The number of fused-ring (bicyclic) bond motifs is 2. The summed E-state index contributed by atoms with van der Waals surface area (Å²) in [6.07, 6.45) is 3.57. The minimum absolute atomic E-state index is 0.525. The molecule has 0 amide bonds. The van der Waals surface area contributed by atoms with E-state index in [4.69, 9.17) is 5.73 Å². The highest BCUT2D eigenvalue weighted by Gasteiger charge is 2.12. The summed E-state index contributed by atoms with van der Waals surface area (Å²) in [4.78, 5) is 12.8. The molecule has 3 heterocycles. The van der Waals surface area contributed by atoms with E-state index in [1.165, 1.54) is 17.6 Å². The average molecular weight is 232 g/mol. The van der Waals surface area contributed by atoms with Crippen LogP contribution in [0.4, 0.5) is 5.82 Å². The Bertz CT molecular complexity index is 541. The minimum atomic E-state index is 0.525. The van der Waals surface area contributed by atoms with Gasteiger partial charge in [-0.05, 0) is 36.0 Å². The van der Waals surface area contributed by atoms with Gasteiger partial charge in [-0.15, -0.1) is 0 Å². The maximum atomic E-state index is 5.83. The lowest BCUT2D eigenvalue weighted by molar-refractivity contribution is 1.00. The zero-order chi connectivity index (χ0) is 11.0. The number of aromatic nitrogens is 3. The van der Waals surface area contributed by atoms with Gasteiger partial charge in [0.1, 0.15) is 12.1 Å². The summed E-state index contributed by atoms with van der Waals surface area (Å²) in [7, 11) is 0. The van der Waals surface area contributed by atoms with E-state index < -0.39 is 0 Å². The molecule has 0 saturated carbocycles. The Morgan fingerprint density at radius 3 is 3.00 bits per heavy atom. The maximum absolute atomic E-state index is 5.83. The first-order chi connectivity index (χ1) is 7.84. The van der Waals surface area contributed by atoms with Gasteiger partial charge in [-0.25, -0.2) is 15.0 Å². The third kappa shape index (κ3) is 1.61. The number of hydrogen-bond donors (Lipinski definition) is 1. The summed E-state index contributed by atoms with van der Waals surface area (Å²) < 4.78 is 0. The van der Waals surface area contributed by atoms with Gasteiger partial charge in [0, 0.05) is 5.69 Å². The van der Waals surface area contributed by atoms with E-state index in [1.807, 2.05) is 11.8 Å². The smallest absolute Gasteiger partial charge is 0.164 e. The molecule has 2 aromatic heterocycles. The van der Waals surface area contributed by atoms with Crippen LogP contribution in [0.5, 0.6) is 0 Å². The van der Waals surface area contributed by atoms with Gasteiger partial charge in [-0.3, -0.25) is 0 Å². The SMILES string of the molecule is Nc1ncnc2nc3c(cc12)CCSCC3. The standard InChI is InChI=1S/C11H12N4S/c12-10-8-5-7-1-3-16-4-2-9(7)15-11(8)14-6-13-10/h5-6H,1-4H2,(H2,12,13,14,15). The molecule has 1 aliphatic rings. The number of nitrogens with zero attached hydrogens (tertiary/aromatic N) is 3. The Kier molecular flexibility index (Phi) is 2.40. The predicted octanol–water partition coefficient (Wildman–Crippen LogP) is 1.44. The van der Waals surface area contributed by atoms with Gasteiger partial charge in [0.2, 0.25) is 0 Å². The first-order valence-corrected chi connectivity index (χ1v) is 6.47. The topological polar surface area (TPSA) is 64.7 Å². The molecule has 0 aromatic carbocycles. The number of thioether (sulfide) groups is 1. The number of anilines is 1. The van der Waals surface area contributed by atoms with Crippen molar-refractivity contribution in [1.82, 2.24) is 15.0 Å². The number of pyridine rings is 1. The molecule has 4 nitrogen and oxygen atoms in total. The van der Waals surface area contributed by atoms with E-state index in [2.05, 4.69) is 21.0 Å². The average Bonchev–Trinajstić information content (AvgIpc) is 2.52. The molecule has 2 N–H and O–H groups in total. The van der Waals surface area contributed by atoms with Crippen LogP contribution in [0, 0.1) is 0 Å². The van der Waals surface area contributed by atoms with Crippen molar-refractivity contribution in [2.75, 3.05) is 17.2 Å². The summed E-state index contributed by atoms with van der Waals surface area (Å²) in [5, 5.41) is 0.883. The number of nitrogens with two attached hydrogens (primary N) is 1. The first kappa shape index (κ1) is 9.84. The van der Waals surface area contributed by atoms with Crippen LogP contribution in [0.25, 0.3) is 11.0 Å². The molecule has 1 aliphatic heterocycles. The Morgan fingerprint density at radius 2 is 2.06 bits per heavy atom. The van der Waals surface area contributed by atoms with Gasteiger partial charge >= 0.3 is 0 Å². The van der Waals surface area contributed by atoms with E-state index in [9.17, 15) is 0 Å². The molecule has 2 aromatic rings. The molecule has 82 valence electrons. The molecule has 16 heavy (non-hydrogen) atoms. The normalized spacial score (nSPS) is 15.8. The minimum Gasteiger partial charge on any atom is -0.383 e. The lowest BCUT2D eigenvalue weighted by Crippen LogP contribution is -2.02. The second kappa shape index (κ2) is 3.90. The van der Waals surface area contributed by atoms with Crippen LogP contribution in [-0.4, -0.2) is 26.5 Å². The molecular weight excluding hydrogens is 220 g/mol. The molecule has 0 saturated heterocycles. The number of rotatable bonds is 0. The van der Waals surface area contributed by atoms with E-state index in [0.29, 0.717) is 5.82 Å². The van der Waals surface area contributed by atoms with Crippen molar-refractivity contribution in [2.45, 2.75) is 12.8 Å². The largest absolute Gasteiger partial charge is 0.383 e. The van der Waals surface area contributed by atoms with E-state index >= 15 is 0 Å². The quantitative estimate of drug-likeness (QED) is 0.744. The van der Waals surface area contributed by atoms with Crippen LogP contribution < -0.4 is 5.73 Å². The summed E-state index contributed by atoms with van der Waals surface area (Å²) in [6.45, 7) is 0. The van der Waals surface area contributed by atoms with Gasteiger partial charge in [0.15, 0.2) is 5.65 Å². The van der Waals surface area contributed by atoms with Crippen LogP contribution in [0.1, 0.15) is 11.3 Å². The Labute approximate surface area is 97.7 Å². The van der Waals surface area contributed by atoms with Gasteiger partial charge in [-0.2, -0.15) is 11.8 Å². The number of nitrogen functional groups attached to an aromatic ring is 1. The Morgan fingerprint density at radius 1 is 1.19 bits per heavy atom. The fourth-order valence-corrected chi connectivity index (χ4v) is 2.88. The van der Waals surface area contributed by atoms with Gasteiger partial charge in [-0.1, -0.05) is 0 Å². The molecule has 3 rings (SSSR count). The van der Waals surface area contributed by atoms with E-state index in [-0.39, 0.29) is 0 Å². The molecule has 0 bridgehead atoms. The molecule has 0 spiro atoms. The number of aryl methyl sites for hydroxylation is 2. The molecule has 0 unspecified atom stereocenters. The van der Waals surface area contributed by atoms with Crippen molar-refractivity contribution in [3.63, 3.8) is 0 Å². The monoisotopic (exact) mass is 232 g/mol. The van der Waals surface area contributed by atoms with Crippen molar-refractivity contribution in [1.29, 1.82) is 0 Å². The summed E-state index contributed by atoms with van der Waals surface area (Å²) in [6, 6.07) is 2.11. The van der Waals surface area contributed by atoms with Crippen LogP contribution >= 0.6 is 11.8 Å². The third-order valence-corrected chi connectivity index (χ3v) is 3.81. The van der Waals surface area contributed by atoms with Crippen molar-refractivity contribution in [3.05, 3.63) is 23.7 Å². The van der Waals surface area contributed by atoms with Crippen LogP contribution in [0.15, 0.2) is 12.4 Å². The highest BCUT2D eigenvalue weighted by atomic mass is 32.2. The highest BCUT2D eigenvalue weighted by Crippen LogP contribution is 2.23. The van der Waals surface area contributed by atoms with E-state index in [0.717, 1.165) is 35.4 Å². The summed E-state index contributed by atoms with van der Waals surface area (Å²) >= 11 is 1.98. The number of hydrogen-bond acceptors (Lipinski definition) is 5. The lowest BCUT2D eigenvalue weighted by Gasteiger charge is -2.06. The maximum Gasteiger partial charge on any atom is 0.164 e. The summed E-state index contributed by atoms with van der Waals surface area (Å²) in [5.74, 6) is 2.83. The molecule has 5 heteroatoms. The van der Waals surface area contributed by atoms with Crippen LogP contribution in [0.2, 0.25) is 0 Å². The van der Waals surface area contributed by atoms with Crippen molar-refractivity contribution >= 4 is 28.6 Å². The zero-order valence-corrected chi connectivity index (χ0v) is 9.63. The van der Waals surface area contributed by atoms with Gasteiger partial charge in [0.25, 0.3) is 0 Å². The van der Waals surface area contributed by atoms with Gasteiger partial charge in [0.05, 0.1) is 5.39 Å².